The number of nitrogens with one attached hydrogen (secondary N) is 1. The van der Waals surface area contributed by atoms with E-state index in [1.165, 1.54) is 31.2 Å². The molecule has 3 rings (SSSR count). The fourth-order valence-electron chi connectivity index (χ4n) is 4.15. The van der Waals surface area contributed by atoms with E-state index in [-0.39, 0.29) is 0 Å². The third-order valence-electron chi connectivity index (χ3n) is 5.27. The van der Waals surface area contributed by atoms with Gasteiger partial charge in [0.2, 0.25) is 0 Å². The third kappa shape index (κ3) is 3.00. The van der Waals surface area contributed by atoms with E-state index in [0.717, 1.165) is 30.7 Å². The Bertz CT molecular complexity index is 474. The van der Waals surface area contributed by atoms with Crippen LogP contribution in [0, 0.1) is 17.8 Å². The molecule has 20 heavy (non-hydrogen) atoms. The molecule has 0 aromatic heterocycles. The van der Waals surface area contributed by atoms with Crippen LogP contribution in [0.15, 0.2) is 18.2 Å². The molecular weight excluding hydrogens is 289 g/mol. The Morgan fingerprint density at radius 1 is 1.20 bits per heavy atom. The molecule has 4 atom stereocenters. The van der Waals surface area contributed by atoms with Crippen LogP contribution in [0.25, 0.3) is 0 Å². The van der Waals surface area contributed by atoms with E-state index in [9.17, 15) is 0 Å². The minimum absolute atomic E-state index is 0.392. The summed E-state index contributed by atoms with van der Waals surface area (Å²) in [5.41, 5.74) is 1.25. The Kier molecular flexibility index (Phi) is 4.59. The monoisotopic (exact) mass is 311 g/mol. The van der Waals surface area contributed by atoms with Gasteiger partial charge in [-0.2, -0.15) is 0 Å². The van der Waals surface area contributed by atoms with Crippen LogP contribution in [-0.2, 0) is 0 Å². The summed E-state index contributed by atoms with van der Waals surface area (Å²) >= 11 is 12.1. The smallest absolute Gasteiger partial charge is 0.0595 e. The standard InChI is InChI=1S/C17H23Cl2N/c1-2-17(13-5-6-15(18)16(19)9-13)20-10-14-8-11-3-4-12(14)7-11/h5-6,9,11-12,14,17,20H,2-4,7-8,10H2,1H3. The van der Waals surface area contributed by atoms with Gasteiger partial charge in [0, 0.05) is 6.04 Å². The predicted octanol–water partition coefficient (Wildman–Crippen LogP) is 5.47. The fraction of sp³-hybridized carbons (Fsp3) is 0.647. The second kappa shape index (κ2) is 6.25. The van der Waals surface area contributed by atoms with Gasteiger partial charge >= 0.3 is 0 Å². The number of hydrogen-bond acceptors (Lipinski definition) is 1. The molecule has 2 aliphatic rings. The van der Waals surface area contributed by atoms with Gasteiger partial charge < -0.3 is 5.32 Å². The molecule has 2 bridgehead atoms. The van der Waals surface area contributed by atoms with Crippen LogP contribution in [0.5, 0.6) is 0 Å². The van der Waals surface area contributed by atoms with Crippen molar-refractivity contribution in [2.24, 2.45) is 17.8 Å². The van der Waals surface area contributed by atoms with Crippen molar-refractivity contribution in [3.8, 4) is 0 Å². The third-order valence-corrected chi connectivity index (χ3v) is 6.00. The van der Waals surface area contributed by atoms with Crippen LogP contribution in [0.3, 0.4) is 0 Å². The maximum Gasteiger partial charge on any atom is 0.0595 e. The summed E-state index contributed by atoms with van der Waals surface area (Å²) in [7, 11) is 0. The highest BCUT2D eigenvalue weighted by molar-refractivity contribution is 6.42. The summed E-state index contributed by atoms with van der Waals surface area (Å²) in [6, 6.07) is 6.40. The van der Waals surface area contributed by atoms with Gasteiger partial charge in [0.25, 0.3) is 0 Å². The lowest BCUT2D eigenvalue weighted by Gasteiger charge is -2.25. The van der Waals surface area contributed by atoms with E-state index in [4.69, 9.17) is 23.2 Å². The zero-order chi connectivity index (χ0) is 14.1. The molecule has 4 unspecified atom stereocenters. The molecule has 1 nitrogen and oxygen atoms in total. The summed E-state index contributed by atoms with van der Waals surface area (Å²) in [5, 5.41) is 5.05. The zero-order valence-corrected chi connectivity index (χ0v) is 13.6. The van der Waals surface area contributed by atoms with Crippen molar-refractivity contribution < 1.29 is 0 Å². The zero-order valence-electron chi connectivity index (χ0n) is 12.0. The van der Waals surface area contributed by atoms with Gasteiger partial charge in [-0.1, -0.05) is 42.6 Å². The highest BCUT2D eigenvalue weighted by Crippen LogP contribution is 2.48. The Balaban J connectivity index is 1.60. The molecular formula is C17H23Cl2N. The van der Waals surface area contributed by atoms with Gasteiger partial charge in [-0.05, 0) is 67.7 Å². The first-order chi connectivity index (χ1) is 9.67. The highest BCUT2D eigenvalue weighted by Gasteiger charge is 2.39. The number of rotatable bonds is 5. The van der Waals surface area contributed by atoms with E-state index >= 15 is 0 Å². The molecule has 1 aromatic carbocycles. The number of benzene rings is 1. The van der Waals surface area contributed by atoms with Crippen molar-refractivity contribution in [2.45, 2.75) is 45.1 Å². The molecule has 2 fully saturated rings. The Morgan fingerprint density at radius 2 is 2.05 bits per heavy atom. The van der Waals surface area contributed by atoms with Gasteiger partial charge in [-0.3, -0.25) is 0 Å². The van der Waals surface area contributed by atoms with E-state index in [1.807, 2.05) is 12.1 Å². The average Bonchev–Trinajstić information content (AvgIpc) is 3.05. The maximum atomic E-state index is 6.13. The molecule has 0 radical (unpaired) electrons. The molecule has 0 saturated heterocycles. The molecule has 1 aromatic rings. The summed E-state index contributed by atoms with van der Waals surface area (Å²) in [4.78, 5) is 0. The van der Waals surface area contributed by atoms with Gasteiger partial charge in [0.1, 0.15) is 0 Å². The topological polar surface area (TPSA) is 12.0 Å². The van der Waals surface area contributed by atoms with Gasteiger partial charge in [0.15, 0.2) is 0 Å². The van der Waals surface area contributed by atoms with Gasteiger partial charge in [-0.25, -0.2) is 0 Å². The average molecular weight is 312 g/mol. The number of hydrogen-bond donors (Lipinski definition) is 1. The van der Waals surface area contributed by atoms with Crippen molar-refractivity contribution in [3.63, 3.8) is 0 Å². The largest absolute Gasteiger partial charge is 0.310 e. The van der Waals surface area contributed by atoms with Crippen molar-refractivity contribution in [2.75, 3.05) is 6.54 Å². The molecule has 0 spiro atoms. The summed E-state index contributed by atoms with van der Waals surface area (Å²) in [6.45, 7) is 3.38. The van der Waals surface area contributed by atoms with Gasteiger partial charge in [0.05, 0.1) is 10.0 Å². The molecule has 1 N–H and O–H groups in total. The Hall–Kier alpha value is -0.240. The molecule has 0 aliphatic heterocycles. The SMILES string of the molecule is CCC(NCC1CC2CCC1C2)c1ccc(Cl)c(Cl)c1. The molecule has 2 saturated carbocycles. The van der Waals surface area contributed by atoms with Crippen LogP contribution in [0.4, 0.5) is 0 Å². The second-order valence-electron chi connectivity index (χ2n) is 6.48. The van der Waals surface area contributed by atoms with E-state index in [2.05, 4.69) is 18.3 Å². The molecule has 110 valence electrons. The van der Waals surface area contributed by atoms with E-state index < -0.39 is 0 Å². The van der Waals surface area contributed by atoms with Crippen LogP contribution < -0.4 is 5.32 Å². The summed E-state index contributed by atoms with van der Waals surface area (Å²) < 4.78 is 0. The van der Waals surface area contributed by atoms with Crippen LogP contribution in [0.2, 0.25) is 10.0 Å². The minimum Gasteiger partial charge on any atom is -0.310 e. The van der Waals surface area contributed by atoms with Crippen LogP contribution in [0.1, 0.15) is 50.6 Å². The second-order valence-corrected chi connectivity index (χ2v) is 7.29. The molecule has 0 amide bonds. The Morgan fingerprint density at radius 3 is 2.65 bits per heavy atom. The highest BCUT2D eigenvalue weighted by atomic mass is 35.5. The number of halogens is 2. The van der Waals surface area contributed by atoms with Crippen molar-refractivity contribution in [1.82, 2.24) is 5.32 Å². The van der Waals surface area contributed by atoms with Crippen LogP contribution >= 0.6 is 23.2 Å². The lowest BCUT2D eigenvalue weighted by atomic mass is 9.88. The van der Waals surface area contributed by atoms with E-state index in [0.29, 0.717) is 16.1 Å². The summed E-state index contributed by atoms with van der Waals surface area (Å²) in [6.07, 6.45) is 6.94. The maximum absolute atomic E-state index is 6.13. The summed E-state index contributed by atoms with van der Waals surface area (Å²) in [5.74, 6) is 2.90. The van der Waals surface area contributed by atoms with Crippen LogP contribution in [-0.4, -0.2) is 6.54 Å². The van der Waals surface area contributed by atoms with Gasteiger partial charge in [-0.15, -0.1) is 0 Å². The van der Waals surface area contributed by atoms with Crippen molar-refractivity contribution in [3.05, 3.63) is 33.8 Å². The van der Waals surface area contributed by atoms with Crippen molar-refractivity contribution >= 4 is 23.2 Å². The first-order valence-electron chi connectivity index (χ1n) is 7.85. The predicted molar refractivity (Wildman–Crippen MR) is 86.4 cm³/mol. The normalized spacial score (nSPS) is 29.9. The fourth-order valence-corrected chi connectivity index (χ4v) is 4.45. The van der Waals surface area contributed by atoms with E-state index in [1.54, 1.807) is 0 Å². The molecule has 0 heterocycles. The molecule has 2 aliphatic carbocycles. The van der Waals surface area contributed by atoms with Crippen molar-refractivity contribution in [1.29, 1.82) is 0 Å². The molecule has 3 heteroatoms. The minimum atomic E-state index is 0.392. The number of fused-ring (bicyclic) bond motifs is 2. The Labute approximate surface area is 132 Å². The quantitative estimate of drug-likeness (QED) is 0.760. The first-order valence-corrected chi connectivity index (χ1v) is 8.61. The lowest BCUT2D eigenvalue weighted by molar-refractivity contribution is 0.304. The first kappa shape index (κ1) is 14.7. The lowest BCUT2D eigenvalue weighted by Crippen LogP contribution is -2.29.